The molecular formula is C24H26N2O5S2. The molecule has 0 fully saturated rings. The summed E-state index contributed by atoms with van der Waals surface area (Å²) < 4.78 is 51.3. The molecule has 7 nitrogen and oxygen atoms in total. The van der Waals surface area contributed by atoms with Crippen molar-refractivity contribution in [2.45, 2.75) is 36.6 Å². The molecule has 9 heteroatoms. The first kappa shape index (κ1) is 24.5. The zero-order chi connectivity index (χ0) is 24.4. The Morgan fingerprint density at radius 3 is 1.97 bits per heavy atom. The fourth-order valence-corrected chi connectivity index (χ4v) is 5.03. The van der Waals surface area contributed by atoms with Crippen LogP contribution < -0.4 is 10.0 Å². The number of benzene rings is 3. The molecule has 1 atom stereocenters. The summed E-state index contributed by atoms with van der Waals surface area (Å²) in [6.45, 7) is 5.33. The summed E-state index contributed by atoms with van der Waals surface area (Å²) in [7, 11) is -7.11. The summed E-state index contributed by atoms with van der Waals surface area (Å²) in [5.74, 6) is -0.372. The molecule has 33 heavy (non-hydrogen) atoms. The van der Waals surface area contributed by atoms with Crippen molar-refractivity contribution in [2.24, 2.45) is 0 Å². The lowest BCUT2D eigenvalue weighted by molar-refractivity contribution is 0.0939. The summed E-state index contributed by atoms with van der Waals surface area (Å²) in [6, 6.07) is 17.2. The van der Waals surface area contributed by atoms with Crippen LogP contribution in [0.5, 0.6) is 0 Å². The molecular weight excluding hydrogens is 460 g/mol. The topological polar surface area (TPSA) is 109 Å². The van der Waals surface area contributed by atoms with Gasteiger partial charge in [-0.05, 0) is 68.3 Å². The lowest BCUT2D eigenvalue weighted by Crippen LogP contribution is -2.27. The van der Waals surface area contributed by atoms with Crippen molar-refractivity contribution in [3.63, 3.8) is 0 Å². The van der Waals surface area contributed by atoms with Crippen LogP contribution in [0.15, 0.2) is 76.5 Å². The standard InChI is InChI=1S/C24H26N2O5S2/c1-16-8-12-21(13-9-16)33(30,31)26-23-7-5-6-22(17(23)2)24(27)25-18(3)19-10-14-20(15-11-19)32(4,28)29/h5-15,18,26H,1-4H3,(H,25,27)/t18-/m0/s1. The first-order valence-corrected chi connectivity index (χ1v) is 13.6. The van der Waals surface area contributed by atoms with Crippen molar-refractivity contribution in [3.8, 4) is 0 Å². The highest BCUT2D eigenvalue weighted by Gasteiger charge is 2.19. The largest absolute Gasteiger partial charge is 0.346 e. The van der Waals surface area contributed by atoms with Gasteiger partial charge < -0.3 is 5.32 Å². The number of anilines is 1. The number of carbonyl (C=O) groups excluding carboxylic acids is 1. The summed E-state index contributed by atoms with van der Waals surface area (Å²) in [5.41, 5.74) is 2.82. The Kier molecular flexibility index (Phi) is 6.94. The summed E-state index contributed by atoms with van der Waals surface area (Å²) in [5, 5.41) is 2.87. The molecule has 3 rings (SSSR count). The van der Waals surface area contributed by atoms with Gasteiger partial charge in [0.05, 0.1) is 21.5 Å². The van der Waals surface area contributed by atoms with Crippen molar-refractivity contribution in [3.05, 3.63) is 89.0 Å². The summed E-state index contributed by atoms with van der Waals surface area (Å²) >= 11 is 0. The van der Waals surface area contributed by atoms with Gasteiger partial charge in [-0.2, -0.15) is 0 Å². The highest BCUT2D eigenvalue weighted by atomic mass is 32.2. The van der Waals surface area contributed by atoms with Crippen LogP contribution in [0.4, 0.5) is 5.69 Å². The molecule has 2 N–H and O–H groups in total. The third-order valence-corrected chi connectivity index (χ3v) is 7.82. The van der Waals surface area contributed by atoms with Crippen molar-refractivity contribution >= 4 is 31.5 Å². The number of sulfone groups is 1. The smallest absolute Gasteiger partial charge is 0.261 e. The number of hydrogen-bond donors (Lipinski definition) is 2. The monoisotopic (exact) mass is 486 g/mol. The maximum Gasteiger partial charge on any atom is 0.261 e. The van der Waals surface area contributed by atoms with Crippen LogP contribution in [0.1, 0.15) is 40.0 Å². The molecule has 1 amide bonds. The highest BCUT2D eigenvalue weighted by Crippen LogP contribution is 2.24. The second-order valence-corrected chi connectivity index (χ2v) is 11.6. The summed E-state index contributed by atoms with van der Waals surface area (Å²) in [4.78, 5) is 13.3. The second-order valence-electron chi connectivity index (χ2n) is 7.93. The van der Waals surface area contributed by atoms with Gasteiger partial charge in [-0.15, -0.1) is 0 Å². The minimum absolute atomic E-state index is 0.133. The van der Waals surface area contributed by atoms with E-state index in [1.165, 1.54) is 24.3 Å². The van der Waals surface area contributed by atoms with Gasteiger partial charge in [-0.25, -0.2) is 16.8 Å². The van der Waals surface area contributed by atoms with Gasteiger partial charge in [0.15, 0.2) is 9.84 Å². The Bertz CT molecular complexity index is 1380. The van der Waals surface area contributed by atoms with Crippen LogP contribution >= 0.6 is 0 Å². The van der Waals surface area contributed by atoms with E-state index in [1.54, 1.807) is 56.3 Å². The molecule has 0 saturated heterocycles. The Balaban J connectivity index is 1.79. The van der Waals surface area contributed by atoms with Gasteiger partial charge in [0.1, 0.15) is 0 Å². The molecule has 174 valence electrons. The van der Waals surface area contributed by atoms with E-state index in [-0.39, 0.29) is 15.7 Å². The fraction of sp³-hybridized carbons (Fsp3) is 0.208. The Hall–Kier alpha value is -3.17. The van der Waals surface area contributed by atoms with E-state index in [4.69, 9.17) is 0 Å². The minimum atomic E-state index is -3.81. The van der Waals surface area contributed by atoms with Crippen LogP contribution in [0, 0.1) is 13.8 Å². The SMILES string of the molecule is Cc1ccc(S(=O)(=O)Nc2cccc(C(=O)N[C@@H](C)c3ccc(S(C)(=O)=O)cc3)c2C)cc1. The third kappa shape index (κ3) is 5.80. The first-order valence-electron chi connectivity index (χ1n) is 10.2. The van der Waals surface area contributed by atoms with Gasteiger partial charge in [-0.1, -0.05) is 35.9 Å². The van der Waals surface area contributed by atoms with E-state index in [0.29, 0.717) is 16.8 Å². The molecule has 0 aromatic heterocycles. The van der Waals surface area contributed by atoms with Gasteiger partial charge in [0.2, 0.25) is 0 Å². The number of hydrogen-bond acceptors (Lipinski definition) is 5. The molecule has 0 radical (unpaired) electrons. The average molecular weight is 487 g/mol. The van der Waals surface area contributed by atoms with E-state index in [0.717, 1.165) is 17.4 Å². The highest BCUT2D eigenvalue weighted by molar-refractivity contribution is 7.92. The average Bonchev–Trinajstić information content (AvgIpc) is 2.74. The maximum absolute atomic E-state index is 12.9. The molecule has 0 aliphatic rings. The van der Waals surface area contributed by atoms with E-state index < -0.39 is 25.9 Å². The molecule has 0 heterocycles. The Morgan fingerprint density at radius 1 is 0.818 bits per heavy atom. The molecule has 3 aromatic rings. The van der Waals surface area contributed by atoms with Crippen LogP contribution in [-0.4, -0.2) is 29.0 Å². The molecule has 0 aliphatic carbocycles. The normalized spacial score (nSPS) is 12.7. The lowest BCUT2D eigenvalue weighted by Gasteiger charge is -2.17. The number of carbonyl (C=O) groups is 1. The zero-order valence-corrected chi connectivity index (χ0v) is 20.4. The van der Waals surface area contributed by atoms with Crippen LogP contribution in [0.25, 0.3) is 0 Å². The zero-order valence-electron chi connectivity index (χ0n) is 18.8. The van der Waals surface area contributed by atoms with Crippen molar-refractivity contribution < 1.29 is 21.6 Å². The lowest BCUT2D eigenvalue weighted by atomic mass is 10.0. The van der Waals surface area contributed by atoms with Crippen LogP contribution in [0.3, 0.4) is 0 Å². The molecule has 0 bridgehead atoms. The predicted molar refractivity (Wildman–Crippen MR) is 129 cm³/mol. The third-order valence-electron chi connectivity index (χ3n) is 5.31. The van der Waals surface area contributed by atoms with Gasteiger partial charge in [0.25, 0.3) is 15.9 Å². The Morgan fingerprint density at radius 2 is 1.39 bits per heavy atom. The second kappa shape index (κ2) is 9.36. The van der Waals surface area contributed by atoms with Gasteiger partial charge in [0, 0.05) is 11.8 Å². The summed E-state index contributed by atoms with van der Waals surface area (Å²) in [6.07, 6.45) is 1.13. The number of sulfonamides is 1. The van der Waals surface area contributed by atoms with Crippen LogP contribution in [0.2, 0.25) is 0 Å². The first-order chi connectivity index (χ1) is 15.4. The van der Waals surface area contributed by atoms with E-state index in [2.05, 4.69) is 10.0 Å². The van der Waals surface area contributed by atoms with Gasteiger partial charge in [-0.3, -0.25) is 9.52 Å². The van der Waals surface area contributed by atoms with Crippen molar-refractivity contribution in [1.82, 2.24) is 5.32 Å². The predicted octanol–water partition coefficient (Wildman–Crippen LogP) is 4.00. The molecule has 3 aromatic carbocycles. The maximum atomic E-state index is 12.9. The molecule has 0 unspecified atom stereocenters. The van der Waals surface area contributed by atoms with E-state index in [9.17, 15) is 21.6 Å². The number of aryl methyl sites for hydroxylation is 1. The van der Waals surface area contributed by atoms with Gasteiger partial charge >= 0.3 is 0 Å². The van der Waals surface area contributed by atoms with Crippen molar-refractivity contribution in [2.75, 3.05) is 11.0 Å². The Labute approximate surface area is 194 Å². The van der Waals surface area contributed by atoms with Crippen molar-refractivity contribution in [1.29, 1.82) is 0 Å². The fourth-order valence-electron chi connectivity index (χ4n) is 3.27. The van der Waals surface area contributed by atoms with E-state index >= 15 is 0 Å². The van der Waals surface area contributed by atoms with Crippen LogP contribution in [-0.2, 0) is 19.9 Å². The number of rotatable bonds is 7. The molecule has 0 spiro atoms. The minimum Gasteiger partial charge on any atom is -0.346 e. The van der Waals surface area contributed by atoms with E-state index in [1.807, 2.05) is 6.92 Å². The number of amides is 1. The quantitative estimate of drug-likeness (QED) is 0.525. The molecule has 0 saturated carbocycles. The molecule has 0 aliphatic heterocycles. The number of nitrogens with one attached hydrogen (secondary N) is 2.